The molecule has 2 N–H and O–H groups in total. The summed E-state index contributed by atoms with van der Waals surface area (Å²) in [4.78, 5) is 6.72. The molecule has 0 fully saturated rings. The van der Waals surface area contributed by atoms with Crippen LogP contribution in [-0.4, -0.2) is 16.1 Å². The van der Waals surface area contributed by atoms with E-state index in [4.69, 9.17) is 0 Å². The summed E-state index contributed by atoms with van der Waals surface area (Å²) < 4.78 is 0. The van der Waals surface area contributed by atoms with Crippen LogP contribution < -0.4 is 5.32 Å². The first-order valence-electron chi connectivity index (χ1n) is 6.95. The molecule has 0 aliphatic carbocycles. The van der Waals surface area contributed by atoms with Crippen LogP contribution in [0.5, 0.6) is 0 Å². The molecular formula is C15H22N2OS2. The van der Waals surface area contributed by atoms with Crippen LogP contribution in [0.4, 0.5) is 0 Å². The first kappa shape index (κ1) is 15.6. The summed E-state index contributed by atoms with van der Waals surface area (Å²) in [5, 5.41) is 16.8. The normalized spacial score (nSPS) is 14.7. The smallest absolute Gasteiger partial charge is 0.0953 e. The third-order valence-corrected chi connectivity index (χ3v) is 5.41. The molecule has 2 rings (SSSR count). The van der Waals surface area contributed by atoms with E-state index in [1.165, 1.54) is 9.88 Å². The van der Waals surface area contributed by atoms with E-state index in [1.54, 1.807) is 22.7 Å². The minimum Gasteiger partial charge on any atom is -0.388 e. The monoisotopic (exact) mass is 310 g/mol. The Bertz CT molecular complexity index is 508. The fraction of sp³-hybridized carbons (Fsp3) is 0.533. The lowest BCUT2D eigenvalue weighted by Crippen LogP contribution is -2.26. The number of hydrogen-bond acceptors (Lipinski definition) is 5. The van der Waals surface area contributed by atoms with Gasteiger partial charge in [0.05, 0.1) is 11.1 Å². The van der Waals surface area contributed by atoms with Crippen molar-refractivity contribution in [3.8, 4) is 0 Å². The number of nitrogens with one attached hydrogen (secondary N) is 1. The van der Waals surface area contributed by atoms with Gasteiger partial charge in [0, 0.05) is 34.5 Å². The third kappa shape index (κ3) is 4.38. The van der Waals surface area contributed by atoms with Crippen molar-refractivity contribution in [2.24, 2.45) is 0 Å². The molecule has 2 aromatic heterocycles. The lowest BCUT2D eigenvalue weighted by molar-refractivity contribution is 0.157. The maximum absolute atomic E-state index is 10.1. The molecule has 0 saturated carbocycles. The van der Waals surface area contributed by atoms with Crippen LogP contribution in [0.3, 0.4) is 0 Å². The second-order valence-electron chi connectivity index (χ2n) is 5.37. The van der Waals surface area contributed by atoms with Crippen molar-refractivity contribution in [1.82, 2.24) is 10.3 Å². The van der Waals surface area contributed by atoms with Crippen LogP contribution in [0.2, 0.25) is 0 Å². The Balaban J connectivity index is 1.78. The quantitative estimate of drug-likeness (QED) is 0.814. The molecule has 0 amide bonds. The Morgan fingerprint density at radius 3 is 2.75 bits per heavy atom. The highest BCUT2D eigenvalue weighted by Gasteiger charge is 2.13. The molecule has 5 heteroatoms. The second-order valence-corrected chi connectivity index (χ2v) is 7.49. The van der Waals surface area contributed by atoms with E-state index in [-0.39, 0.29) is 12.1 Å². The summed E-state index contributed by atoms with van der Waals surface area (Å²) in [6.45, 7) is 7.26. The van der Waals surface area contributed by atoms with Gasteiger partial charge in [0.1, 0.15) is 0 Å². The van der Waals surface area contributed by atoms with Crippen molar-refractivity contribution >= 4 is 22.7 Å². The Kier molecular flexibility index (Phi) is 5.72. The fourth-order valence-electron chi connectivity index (χ4n) is 1.96. The summed E-state index contributed by atoms with van der Waals surface area (Å²) in [6, 6.07) is 4.24. The van der Waals surface area contributed by atoms with Gasteiger partial charge >= 0.3 is 0 Å². The van der Waals surface area contributed by atoms with Crippen molar-refractivity contribution in [2.45, 2.75) is 51.8 Å². The standard InChI is InChI=1S/C15H22N2OS2/c1-10(2)15-17-9-12(20-15)8-16-11(3)7-13(18)14-5-4-6-19-14/h4-6,9-11,13,16,18H,7-8H2,1-3H3. The van der Waals surface area contributed by atoms with E-state index in [1.807, 2.05) is 23.7 Å². The van der Waals surface area contributed by atoms with Crippen molar-refractivity contribution in [2.75, 3.05) is 0 Å². The number of thiazole rings is 1. The second kappa shape index (κ2) is 7.31. The van der Waals surface area contributed by atoms with Gasteiger partial charge in [-0.05, 0) is 24.8 Å². The highest BCUT2D eigenvalue weighted by molar-refractivity contribution is 7.11. The van der Waals surface area contributed by atoms with Crippen LogP contribution in [0, 0.1) is 0 Å². The highest BCUT2D eigenvalue weighted by atomic mass is 32.1. The third-order valence-electron chi connectivity index (χ3n) is 3.14. The van der Waals surface area contributed by atoms with Crippen LogP contribution in [0.1, 0.15) is 54.0 Å². The minimum atomic E-state index is -0.370. The van der Waals surface area contributed by atoms with Crippen molar-refractivity contribution in [3.63, 3.8) is 0 Å². The van der Waals surface area contributed by atoms with Crippen molar-refractivity contribution in [3.05, 3.63) is 38.5 Å². The van der Waals surface area contributed by atoms with Crippen LogP contribution in [-0.2, 0) is 6.54 Å². The minimum absolute atomic E-state index is 0.275. The van der Waals surface area contributed by atoms with Gasteiger partial charge in [0.15, 0.2) is 0 Å². The number of aliphatic hydroxyl groups excluding tert-OH is 1. The lowest BCUT2D eigenvalue weighted by Gasteiger charge is -2.16. The largest absolute Gasteiger partial charge is 0.388 e. The van der Waals surface area contributed by atoms with Crippen molar-refractivity contribution in [1.29, 1.82) is 0 Å². The SMILES string of the molecule is CC(CC(O)c1cccs1)NCc1cnc(C(C)C)s1. The molecule has 0 radical (unpaired) electrons. The first-order valence-corrected chi connectivity index (χ1v) is 8.65. The first-order chi connectivity index (χ1) is 9.56. The molecule has 2 heterocycles. The van der Waals surface area contributed by atoms with E-state index in [0.29, 0.717) is 5.92 Å². The predicted octanol–water partition coefficient (Wildman–Crippen LogP) is 3.93. The molecule has 110 valence electrons. The maximum atomic E-state index is 10.1. The van der Waals surface area contributed by atoms with Gasteiger partial charge in [0.25, 0.3) is 0 Å². The van der Waals surface area contributed by atoms with Gasteiger partial charge in [0.2, 0.25) is 0 Å². The van der Waals surface area contributed by atoms with Gasteiger partial charge in [-0.25, -0.2) is 4.98 Å². The van der Waals surface area contributed by atoms with E-state index in [0.717, 1.165) is 17.8 Å². The lowest BCUT2D eigenvalue weighted by atomic mass is 10.1. The van der Waals surface area contributed by atoms with E-state index in [9.17, 15) is 5.11 Å². The molecule has 0 bridgehead atoms. The molecule has 0 spiro atoms. The summed E-state index contributed by atoms with van der Waals surface area (Å²) in [6.07, 6.45) is 2.32. The van der Waals surface area contributed by atoms with Gasteiger partial charge in [-0.3, -0.25) is 0 Å². The molecule has 2 unspecified atom stereocenters. The maximum Gasteiger partial charge on any atom is 0.0953 e. The molecule has 2 aromatic rings. The topological polar surface area (TPSA) is 45.1 Å². The number of hydrogen-bond donors (Lipinski definition) is 2. The summed E-state index contributed by atoms with van der Waals surface area (Å²) >= 11 is 3.37. The number of aromatic nitrogens is 1. The van der Waals surface area contributed by atoms with Gasteiger partial charge in [-0.15, -0.1) is 22.7 Å². The molecule has 0 saturated heterocycles. The average molecular weight is 310 g/mol. The summed E-state index contributed by atoms with van der Waals surface area (Å²) in [5.41, 5.74) is 0. The number of thiophene rings is 1. The Morgan fingerprint density at radius 1 is 1.35 bits per heavy atom. The molecule has 20 heavy (non-hydrogen) atoms. The number of aliphatic hydroxyl groups is 1. The van der Waals surface area contributed by atoms with Gasteiger partial charge < -0.3 is 10.4 Å². The zero-order chi connectivity index (χ0) is 14.5. The van der Waals surface area contributed by atoms with E-state index < -0.39 is 0 Å². The van der Waals surface area contributed by atoms with E-state index in [2.05, 4.69) is 31.1 Å². The highest BCUT2D eigenvalue weighted by Crippen LogP contribution is 2.24. The average Bonchev–Trinajstić information content (AvgIpc) is 3.07. The van der Waals surface area contributed by atoms with Gasteiger partial charge in [-0.2, -0.15) is 0 Å². The number of rotatable bonds is 7. The molecule has 0 aliphatic heterocycles. The van der Waals surface area contributed by atoms with Crippen LogP contribution in [0.25, 0.3) is 0 Å². The van der Waals surface area contributed by atoms with Crippen molar-refractivity contribution < 1.29 is 5.11 Å². The fourth-order valence-corrected chi connectivity index (χ4v) is 3.56. The molecular weight excluding hydrogens is 288 g/mol. The van der Waals surface area contributed by atoms with Crippen LogP contribution >= 0.6 is 22.7 Å². The summed E-state index contributed by atoms with van der Waals surface area (Å²) in [7, 11) is 0. The molecule has 0 aromatic carbocycles. The van der Waals surface area contributed by atoms with E-state index >= 15 is 0 Å². The Morgan fingerprint density at radius 2 is 2.15 bits per heavy atom. The Hall–Kier alpha value is -0.750. The summed E-state index contributed by atoms with van der Waals surface area (Å²) in [5.74, 6) is 0.492. The zero-order valence-corrected chi connectivity index (χ0v) is 13.8. The van der Waals surface area contributed by atoms with Crippen LogP contribution in [0.15, 0.2) is 23.7 Å². The molecule has 3 nitrogen and oxygen atoms in total. The van der Waals surface area contributed by atoms with Gasteiger partial charge in [-0.1, -0.05) is 19.9 Å². The zero-order valence-electron chi connectivity index (χ0n) is 12.2. The molecule has 0 aliphatic rings. The number of nitrogens with zero attached hydrogens (tertiary/aromatic N) is 1. The molecule has 2 atom stereocenters. The Labute approximate surface area is 128 Å². The predicted molar refractivity (Wildman–Crippen MR) is 86.4 cm³/mol.